The van der Waals surface area contributed by atoms with Gasteiger partial charge in [-0.1, -0.05) is 53.5 Å². The van der Waals surface area contributed by atoms with Crippen LogP contribution in [0, 0.1) is 0 Å². The molecule has 0 saturated heterocycles. The molecule has 2 aromatic carbocycles. The number of carbonyl (C=O) groups is 1. The second-order valence-corrected chi connectivity index (χ2v) is 5.74. The van der Waals surface area contributed by atoms with Crippen molar-refractivity contribution in [3.8, 4) is 0 Å². The highest BCUT2D eigenvalue weighted by molar-refractivity contribution is 6.42. The van der Waals surface area contributed by atoms with Gasteiger partial charge in [0.05, 0.1) is 16.6 Å². The topological polar surface area (TPSA) is 41.1 Å². The monoisotopic (exact) mass is 336 g/mol. The minimum absolute atomic E-state index is 0.0425. The maximum absolute atomic E-state index is 11.7. The molecule has 2 aromatic rings. The summed E-state index contributed by atoms with van der Waals surface area (Å²) in [5, 5.41) is 6.87. The van der Waals surface area contributed by atoms with Gasteiger partial charge in [0.1, 0.15) is 0 Å². The van der Waals surface area contributed by atoms with Gasteiger partial charge in [-0.05, 0) is 36.6 Å². The van der Waals surface area contributed by atoms with Gasteiger partial charge < -0.3 is 10.6 Å². The molecule has 0 spiro atoms. The summed E-state index contributed by atoms with van der Waals surface area (Å²) in [5.41, 5.74) is 2.06. The van der Waals surface area contributed by atoms with Crippen molar-refractivity contribution in [3.05, 3.63) is 64.1 Å². The summed E-state index contributed by atoms with van der Waals surface area (Å²) in [7, 11) is 0. The van der Waals surface area contributed by atoms with Gasteiger partial charge >= 0.3 is 0 Å². The number of amides is 1. The number of rotatable bonds is 7. The van der Waals surface area contributed by atoms with E-state index >= 15 is 0 Å². The molecule has 0 aromatic heterocycles. The summed E-state index contributed by atoms with van der Waals surface area (Å²) in [5.74, 6) is -0.0425. The minimum Gasteiger partial charge on any atom is -0.376 e. The van der Waals surface area contributed by atoms with E-state index in [-0.39, 0.29) is 12.5 Å². The van der Waals surface area contributed by atoms with Gasteiger partial charge in [0.15, 0.2) is 0 Å². The molecule has 0 saturated carbocycles. The fraction of sp³-hybridized carbons (Fsp3) is 0.235. The van der Waals surface area contributed by atoms with Gasteiger partial charge in [-0.3, -0.25) is 4.79 Å². The number of nitrogens with one attached hydrogen (secondary N) is 2. The van der Waals surface area contributed by atoms with E-state index in [2.05, 4.69) is 22.8 Å². The Morgan fingerprint density at radius 1 is 1.00 bits per heavy atom. The largest absolute Gasteiger partial charge is 0.376 e. The molecule has 0 atom stereocenters. The summed E-state index contributed by atoms with van der Waals surface area (Å²) in [4.78, 5) is 11.7. The number of hydrogen-bond acceptors (Lipinski definition) is 2. The molecule has 2 rings (SSSR count). The Morgan fingerprint density at radius 3 is 2.50 bits per heavy atom. The number of carbonyl (C=O) groups excluding carboxylic acids is 1. The summed E-state index contributed by atoms with van der Waals surface area (Å²) >= 11 is 11.8. The van der Waals surface area contributed by atoms with Gasteiger partial charge in [-0.2, -0.15) is 0 Å². The lowest BCUT2D eigenvalue weighted by Crippen LogP contribution is -2.30. The first-order chi connectivity index (χ1) is 10.6. The quantitative estimate of drug-likeness (QED) is 0.745. The molecular weight excluding hydrogens is 319 g/mol. The Bertz CT molecular complexity index is 617. The van der Waals surface area contributed by atoms with Crippen LogP contribution >= 0.6 is 23.2 Å². The van der Waals surface area contributed by atoms with E-state index in [4.69, 9.17) is 23.2 Å². The standard InChI is InChI=1S/C17H18Cl2N2O/c18-15-9-8-14(11-16(15)19)21-12-17(22)20-10-4-7-13-5-2-1-3-6-13/h1-3,5-6,8-9,11,21H,4,7,10,12H2,(H,20,22). The Balaban J connectivity index is 1.64. The van der Waals surface area contributed by atoms with Gasteiger partial charge in [-0.25, -0.2) is 0 Å². The van der Waals surface area contributed by atoms with Crippen LogP contribution in [-0.2, 0) is 11.2 Å². The predicted octanol–water partition coefficient (Wildman–Crippen LogP) is 4.15. The van der Waals surface area contributed by atoms with Crippen LogP contribution in [0.2, 0.25) is 10.0 Å². The molecule has 3 nitrogen and oxygen atoms in total. The number of aryl methyl sites for hydroxylation is 1. The first-order valence-electron chi connectivity index (χ1n) is 7.15. The number of halogens is 2. The zero-order chi connectivity index (χ0) is 15.8. The third-order valence-corrected chi connectivity index (χ3v) is 3.92. The lowest BCUT2D eigenvalue weighted by molar-refractivity contribution is -0.119. The van der Waals surface area contributed by atoms with Gasteiger partial charge in [-0.15, -0.1) is 0 Å². The van der Waals surface area contributed by atoms with Gasteiger partial charge in [0.2, 0.25) is 5.91 Å². The fourth-order valence-electron chi connectivity index (χ4n) is 2.02. The highest BCUT2D eigenvalue weighted by Gasteiger charge is 2.03. The Morgan fingerprint density at radius 2 is 1.77 bits per heavy atom. The third-order valence-electron chi connectivity index (χ3n) is 3.18. The van der Waals surface area contributed by atoms with Crippen LogP contribution in [0.4, 0.5) is 5.69 Å². The molecule has 0 aliphatic rings. The lowest BCUT2D eigenvalue weighted by Gasteiger charge is -2.08. The van der Waals surface area contributed by atoms with Crippen molar-refractivity contribution in [2.24, 2.45) is 0 Å². The minimum atomic E-state index is -0.0425. The maximum Gasteiger partial charge on any atom is 0.239 e. The molecule has 0 unspecified atom stereocenters. The average molecular weight is 337 g/mol. The highest BCUT2D eigenvalue weighted by atomic mass is 35.5. The molecule has 0 radical (unpaired) electrons. The summed E-state index contributed by atoms with van der Waals surface area (Å²) in [6.45, 7) is 0.875. The second-order valence-electron chi connectivity index (χ2n) is 4.92. The molecule has 5 heteroatoms. The van der Waals surface area contributed by atoms with E-state index in [0.29, 0.717) is 16.6 Å². The Labute approximate surface area is 140 Å². The predicted molar refractivity (Wildman–Crippen MR) is 92.7 cm³/mol. The van der Waals surface area contributed by atoms with E-state index in [9.17, 15) is 4.79 Å². The zero-order valence-electron chi connectivity index (χ0n) is 12.1. The van der Waals surface area contributed by atoms with Crippen molar-refractivity contribution in [1.82, 2.24) is 5.32 Å². The zero-order valence-corrected chi connectivity index (χ0v) is 13.6. The van der Waals surface area contributed by atoms with Crippen LogP contribution < -0.4 is 10.6 Å². The van der Waals surface area contributed by atoms with Crippen LogP contribution in [0.3, 0.4) is 0 Å². The molecule has 2 N–H and O–H groups in total. The van der Waals surface area contributed by atoms with Crippen LogP contribution in [0.5, 0.6) is 0 Å². The molecule has 1 amide bonds. The molecule has 0 aliphatic heterocycles. The average Bonchev–Trinajstić information content (AvgIpc) is 2.54. The molecule has 0 heterocycles. The number of anilines is 1. The highest BCUT2D eigenvalue weighted by Crippen LogP contribution is 2.24. The smallest absolute Gasteiger partial charge is 0.239 e. The van der Waals surface area contributed by atoms with E-state index < -0.39 is 0 Å². The van der Waals surface area contributed by atoms with E-state index in [0.717, 1.165) is 18.5 Å². The number of benzene rings is 2. The maximum atomic E-state index is 11.7. The van der Waals surface area contributed by atoms with E-state index in [1.165, 1.54) is 5.56 Å². The van der Waals surface area contributed by atoms with Crippen molar-refractivity contribution in [1.29, 1.82) is 0 Å². The molecule has 22 heavy (non-hydrogen) atoms. The molecule has 0 bridgehead atoms. The summed E-state index contributed by atoms with van der Waals surface area (Å²) < 4.78 is 0. The second kappa shape index (κ2) is 8.66. The first-order valence-corrected chi connectivity index (χ1v) is 7.90. The summed E-state index contributed by atoms with van der Waals surface area (Å²) in [6.07, 6.45) is 1.88. The summed E-state index contributed by atoms with van der Waals surface area (Å²) in [6, 6.07) is 15.4. The Kier molecular flexibility index (Phi) is 6.56. The SMILES string of the molecule is O=C(CNc1ccc(Cl)c(Cl)c1)NCCCc1ccccc1. The van der Waals surface area contributed by atoms with Crippen LogP contribution in [0.15, 0.2) is 48.5 Å². The van der Waals surface area contributed by atoms with Gasteiger partial charge in [0, 0.05) is 12.2 Å². The molecule has 116 valence electrons. The van der Waals surface area contributed by atoms with Crippen LogP contribution in [0.1, 0.15) is 12.0 Å². The van der Waals surface area contributed by atoms with E-state index in [1.54, 1.807) is 18.2 Å². The molecule has 0 fully saturated rings. The van der Waals surface area contributed by atoms with Crippen molar-refractivity contribution >= 4 is 34.8 Å². The van der Waals surface area contributed by atoms with Crippen molar-refractivity contribution < 1.29 is 4.79 Å². The van der Waals surface area contributed by atoms with Gasteiger partial charge in [0.25, 0.3) is 0 Å². The number of hydrogen-bond donors (Lipinski definition) is 2. The van der Waals surface area contributed by atoms with Crippen molar-refractivity contribution in [3.63, 3.8) is 0 Å². The normalized spacial score (nSPS) is 10.3. The Hall–Kier alpha value is -1.71. The van der Waals surface area contributed by atoms with E-state index in [1.807, 2.05) is 18.2 Å². The lowest BCUT2D eigenvalue weighted by atomic mass is 10.1. The molecular formula is C17H18Cl2N2O. The van der Waals surface area contributed by atoms with Crippen molar-refractivity contribution in [2.75, 3.05) is 18.4 Å². The van der Waals surface area contributed by atoms with Crippen LogP contribution in [-0.4, -0.2) is 19.0 Å². The van der Waals surface area contributed by atoms with Crippen molar-refractivity contribution in [2.45, 2.75) is 12.8 Å². The molecule has 0 aliphatic carbocycles. The van der Waals surface area contributed by atoms with Crippen LogP contribution in [0.25, 0.3) is 0 Å². The fourth-order valence-corrected chi connectivity index (χ4v) is 2.31. The third kappa shape index (κ3) is 5.58. The first kappa shape index (κ1) is 16.7.